The van der Waals surface area contributed by atoms with Crippen LogP contribution in [0.2, 0.25) is 0 Å². The van der Waals surface area contributed by atoms with E-state index >= 15 is 0 Å². The molecule has 0 aromatic carbocycles. The maximum absolute atomic E-state index is 12.3. The summed E-state index contributed by atoms with van der Waals surface area (Å²) in [6, 6.07) is 1.67. The zero-order valence-corrected chi connectivity index (χ0v) is 13.5. The fraction of sp³-hybridized carbons (Fsp3) is 0.333. The van der Waals surface area contributed by atoms with Crippen molar-refractivity contribution < 1.29 is 13.9 Å². The zero-order valence-electron chi connectivity index (χ0n) is 13.5. The maximum atomic E-state index is 12.3. The summed E-state index contributed by atoms with van der Waals surface area (Å²) < 4.78 is 14.1. The number of esters is 1. The number of aryl methyl sites for hydroxylation is 2. The molecule has 24 heavy (non-hydrogen) atoms. The summed E-state index contributed by atoms with van der Waals surface area (Å²) in [4.78, 5) is 40.1. The molecule has 0 fully saturated rings. The van der Waals surface area contributed by atoms with E-state index in [1.807, 2.05) is 0 Å². The molecule has 0 saturated heterocycles. The van der Waals surface area contributed by atoms with Gasteiger partial charge in [-0.3, -0.25) is 13.9 Å². The van der Waals surface area contributed by atoms with E-state index in [-0.39, 0.29) is 30.1 Å². The van der Waals surface area contributed by atoms with Gasteiger partial charge in [-0.05, 0) is 13.0 Å². The second-order valence-corrected chi connectivity index (χ2v) is 5.38. The molecule has 126 valence electrons. The predicted octanol–water partition coefficient (Wildman–Crippen LogP) is 0.192. The van der Waals surface area contributed by atoms with Gasteiger partial charge < -0.3 is 13.7 Å². The number of ether oxygens (including phenoxy) is 1. The molecule has 3 aromatic heterocycles. The monoisotopic (exact) mass is 332 g/mol. The van der Waals surface area contributed by atoms with Gasteiger partial charge in [0.2, 0.25) is 5.76 Å². The summed E-state index contributed by atoms with van der Waals surface area (Å²) in [6.07, 6.45) is 2.86. The molecular formula is C15H16N4O5. The van der Waals surface area contributed by atoms with Gasteiger partial charge in [0.05, 0.1) is 19.1 Å². The molecule has 0 bridgehead atoms. The lowest BCUT2D eigenvalue weighted by atomic mass is 10.3. The number of nitrogens with zero attached hydrogens (tertiary/aromatic N) is 4. The SMILES string of the molecule is Cc1ccoc1C(=O)OCCn1cnc2c1c(=O)n(C)c(=O)n2C. The van der Waals surface area contributed by atoms with Gasteiger partial charge in [0.15, 0.2) is 11.2 Å². The minimum atomic E-state index is -0.567. The van der Waals surface area contributed by atoms with Gasteiger partial charge in [0.1, 0.15) is 6.61 Å². The summed E-state index contributed by atoms with van der Waals surface area (Å²) in [5, 5.41) is 0. The summed E-state index contributed by atoms with van der Waals surface area (Å²) in [7, 11) is 2.95. The summed E-state index contributed by atoms with van der Waals surface area (Å²) in [6.45, 7) is 2.01. The highest BCUT2D eigenvalue weighted by Gasteiger charge is 2.16. The predicted molar refractivity (Wildman–Crippen MR) is 83.9 cm³/mol. The molecule has 9 nitrogen and oxygen atoms in total. The first-order chi connectivity index (χ1) is 11.4. The Morgan fingerprint density at radius 1 is 1.29 bits per heavy atom. The molecule has 0 amide bonds. The van der Waals surface area contributed by atoms with Crippen molar-refractivity contribution in [1.82, 2.24) is 18.7 Å². The third-order valence-electron chi connectivity index (χ3n) is 3.83. The second kappa shape index (κ2) is 5.84. The van der Waals surface area contributed by atoms with Gasteiger partial charge in [-0.25, -0.2) is 14.6 Å². The number of imidazole rings is 1. The highest BCUT2D eigenvalue weighted by atomic mass is 16.5. The molecule has 0 aliphatic carbocycles. The minimum absolute atomic E-state index is 0.0381. The lowest BCUT2D eigenvalue weighted by molar-refractivity contribution is 0.0455. The molecule has 0 spiro atoms. The number of carbonyl (C=O) groups excluding carboxylic acids is 1. The first-order valence-corrected chi connectivity index (χ1v) is 7.24. The highest BCUT2D eigenvalue weighted by Crippen LogP contribution is 2.10. The third-order valence-corrected chi connectivity index (χ3v) is 3.83. The van der Waals surface area contributed by atoms with Crippen LogP contribution in [0.1, 0.15) is 16.1 Å². The van der Waals surface area contributed by atoms with Crippen molar-refractivity contribution in [1.29, 1.82) is 0 Å². The van der Waals surface area contributed by atoms with Crippen molar-refractivity contribution in [3.63, 3.8) is 0 Å². The van der Waals surface area contributed by atoms with Crippen molar-refractivity contribution in [2.24, 2.45) is 14.1 Å². The van der Waals surface area contributed by atoms with E-state index in [2.05, 4.69) is 4.98 Å². The topological polar surface area (TPSA) is 101 Å². The van der Waals surface area contributed by atoms with Crippen LogP contribution in [0, 0.1) is 6.92 Å². The van der Waals surface area contributed by atoms with Crippen LogP contribution in [0.5, 0.6) is 0 Å². The Morgan fingerprint density at radius 3 is 2.71 bits per heavy atom. The molecular weight excluding hydrogens is 316 g/mol. The van der Waals surface area contributed by atoms with E-state index in [0.29, 0.717) is 5.56 Å². The normalized spacial score (nSPS) is 11.1. The van der Waals surface area contributed by atoms with Crippen LogP contribution >= 0.6 is 0 Å². The van der Waals surface area contributed by atoms with Gasteiger partial charge in [-0.15, -0.1) is 0 Å². The smallest absolute Gasteiger partial charge is 0.374 e. The average Bonchev–Trinajstić information content (AvgIpc) is 3.17. The van der Waals surface area contributed by atoms with Gasteiger partial charge in [0, 0.05) is 19.7 Å². The number of furan rings is 1. The Balaban J connectivity index is 1.82. The van der Waals surface area contributed by atoms with Crippen LogP contribution < -0.4 is 11.2 Å². The molecule has 3 rings (SSSR count). The lowest BCUT2D eigenvalue weighted by Crippen LogP contribution is -2.37. The molecule has 3 aromatic rings. The van der Waals surface area contributed by atoms with E-state index in [4.69, 9.17) is 9.15 Å². The number of carbonyl (C=O) groups is 1. The largest absolute Gasteiger partial charge is 0.458 e. The first-order valence-electron chi connectivity index (χ1n) is 7.24. The van der Waals surface area contributed by atoms with E-state index in [1.54, 1.807) is 24.6 Å². The quantitative estimate of drug-likeness (QED) is 0.632. The molecule has 3 heterocycles. The van der Waals surface area contributed by atoms with Gasteiger partial charge in [-0.2, -0.15) is 0 Å². The highest BCUT2D eigenvalue weighted by molar-refractivity contribution is 5.87. The van der Waals surface area contributed by atoms with Crippen molar-refractivity contribution in [3.05, 3.63) is 50.8 Å². The summed E-state index contributed by atoms with van der Waals surface area (Å²) in [5.41, 5.74) is 0.370. The van der Waals surface area contributed by atoms with Crippen LogP contribution in [0.3, 0.4) is 0 Å². The number of hydrogen-bond donors (Lipinski definition) is 0. The number of fused-ring (bicyclic) bond motifs is 1. The van der Waals surface area contributed by atoms with E-state index in [0.717, 1.165) is 4.57 Å². The molecule has 0 unspecified atom stereocenters. The number of aromatic nitrogens is 4. The van der Waals surface area contributed by atoms with Gasteiger partial charge >= 0.3 is 11.7 Å². The summed E-state index contributed by atoms with van der Waals surface area (Å²) >= 11 is 0. The van der Waals surface area contributed by atoms with Crippen LogP contribution in [-0.2, 0) is 25.4 Å². The van der Waals surface area contributed by atoms with Crippen molar-refractivity contribution in [2.45, 2.75) is 13.5 Å². The Labute approximate surface area is 135 Å². The molecule has 0 aliphatic heterocycles. The Morgan fingerprint density at radius 2 is 2.04 bits per heavy atom. The van der Waals surface area contributed by atoms with E-state index < -0.39 is 17.2 Å². The molecule has 0 N–H and O–H groups in total. The van der Waals surface area contributed by atoms with E-state index in [1.165, 1.54) is 24.2 Å². The molecule has 0 atom stereocenters. The fourth-order valence-electron chi connectivity index (χ4n) is 2.45. The Bertz CT molecular complexity index is 1040. The third kappa shape index (κ3) is 2.43. The van der Waals surface area contributed by atoms with Crippen LogP contribution in [-0.4, -0.2) is 31.3 Å². The van der Waals surface area contributed by atoms with Gasteiger partial charge in [-0.1, -0.05) is 0 Å². The number of hydrogen-bond acceptors (Lipinski definition) is 6. The Hall–Kier alpha value is -3.10. The Kier molecular flexibility index (Phi) is 3.84. The van der Waals surface area contributed by atoms with Gasteiger partial charge in [0.25, 0.3) is 5.56 Å². The lowest BCUT2D eigenvalue weighted by Gasteiger charge is -2.07. The maximum Gasteiger partial charge on any atom is 0.374 e. The average molecular weight is 332 g/mol. The van der Waals surface area contributed by atoms with E-state index in [9.17, 15) is 14.4 Å². The molecule has 0 aliphatic rings. The van der Waals surface area contributed by atoms with Crippen LogP contribution in [0.25, 0.3) is 11.2 Å². The zero-order chi connectivity index (χ0) is 17.4. The van der Waals surface area contributed by atoms with Crippen molar-refractivity contribution in [2.75, 3.05) is 6.61 Å². The second-order valence-electron chi connectivity index (χ2n) is 5.38. The first kappa shape index (κ1) is 15.8. The van der Waals surface area contributed by atoms with Crippen LogP contribution in [0.15, 0.2) is 32.7 Å². The number of rotatable bonds is 4. The van der Waals surface area contributed by atoms with Crippen LogP contribution in [0.4, 0.5) is 0 Å². The minimum Gasteiger partial charge on any atom is -0.458 e. The van der Waals surface area contributed by atoms with Crippen molar-refractivity contribution >= 4 is 17.1 Å². The summed E-state index contributed by atoms with van der Waals surface area (Å²) in [5.74, 6) is -0.411. The fourth-order valence-corrected chi connectivity index (χ4v) is 2.45. The molecule has 0 radical (unpaired) electrons. The standard InChI is InChI=1S/C15H16N4O5/c1-9-4-6-23-11(9)14(21)24-7-5-19-8-16-12-10(19)13(20)18(3)15(22)17(12)2/h4,6,8H,5,7H2,1-3H3. The molecule has 9 heteroatoms. The molecule has 0 saturated carbocycles. The van der Waals surface area contributed by atoms with Crippen molar-refractivity contribution in [3.8, 4) is 0 Å².